The maximum absolute atomic E-state index is 12.2. The summed E-state index contributed by atoms with van der Waals surface area (Å²) in [6.07, 6.45) is 0.171. The third-order valence-corrected chi connectivity index (χ3v) is 7.47. The summed E-state index contributed by atoms with van der Waals surface area (Å²) in [6, 6.07) is 15.3. The van der Waals surface area contributed by atoms with E-state index in [1.54, 1.807) is 33.4 Å². The van der Waals surface area contributed by atoms with E-state index in [4.69, 9.17) is 33.2 Å². The number of hydrogen-bond donors (Lipinski definition) is 2. The summed E-state index contributed by atoms with van der Waals surface area (Å²) >= 11 is 14.9. The van der Waals surface area contributed by atoms with E-state index in [9.17, 15) is 13.2 Å². The highest BCUT2D eigenvalue weighted by molar-refractivity contribution is 9.10. The van der Waals surface area contributed by atoms with Crippen molar-refractivity contribution in [3.05, 3.63) is 81.4 Å². The highest BCUT2D eigenvalue weighted by Gasteiger charge is 2.44. The standard InChI is InChI=1S/C13H10ClN3.C7H12BF3O2.C6H3BrClN3/c1-9-3-2-4-10(7-9)11-8-15-13-6-5-12(14)16-17(11)13;9-7(10,11)5-2-1-3-6(4-5)8(12)13;7-4-3-9-6-2-1-5(8)10-11(4)6/h2-8H,1H3;5-6,12-13H,1-4H2;1-3H. The van der Waals surface area contributed by atoms with Crippen molar-refractivity contribution in [3.8, 4) is 11.3 Å². The molecule has 5 aromatic rings. The van der Waals surface area contributed by atoms with Crippen LogP contribution in [0.1, 0.15) is 31.2 Å². The van der Waals surface area contributed by atoms with Crippen LogP contribution in [0.2, 0.25) is 16.1 Å². The zero-order valence-corrected chi connectivity index (χ0v) is 24.8. The number of alkyl halides is 3. The van der Waals surface area contributed by atoms with Gasteiger partial charge in [-0.2, -0.15) is 23.4 Å². The van der Waals surface area contributed by atoms with E-state index in [1.807, 2.05) is 24.4 Å². The van der Waals surface area contributed by atoms with Gasteiger partial charge in [0.1, 0.15) is 14.9 Å². The van der Waals surface area contributed by atoms with E-state index in [2.05, 4.69) is 55.2 Å². The number of imidazole rings is 2. The van der Waals surface area contributed by atoms with Gasteiger partial charge in [0.2, 0.25) is 0 Å². The largest absolute Gasteiger partial charge is 0.454 e. The summed E-state index contributed by atoms with van der Waals surface area (Å²) in [6.45, 7) is 2.06. The SMILES string of the molecule is Cc1cccc(-c2cnc3ccc(Cl)nn23)c1.Clc1ccc2ncc(Br)n2n1.OB(O)C1CCCC(C(F)(F)F)C1. The van der Waals surface area contributed by atoms with Crippen LogP contribution in [0, 0.1) is 12.8 Å². The van der Waals surface area contributed by atoms with Gasteiger partial charge < -0.3 is 10.0 Å². The fourth-order valence-electron chi connectivity index (χ4n) is 4.47. The molecule has 41 heavy (non-hydrogen) atoms. The molecule has 216 valence electrons. The molecule has 0 amide bonds. The average molecular weight is 672 g/mol. The molecule has 2 atom stereocenters. The van der Waals surface area contributed by atoms with Crippen molar-refractivity contribution in [2.45, 2.75) is 44.6 Å². The summed E-state index contributed by atoms with van der Waals surface area (Å²) in [5, 5.41) is 26.7. The average Bonchev–Trinajstić information content (AvgIpc) is 3.52. The molecule has 8 nitrogen and oxygen atoms in total. The number of benzene rings is 1. The maximum Gasteiger partial charge on any atom is 0.454 e. The van der Waals surface area contributed by atoms with Crippen LogP contribution in [0.3, 0.4) is 0 Å². The van der Waals surface area contributed by atoms with Crippen LogP contribution in [0.25, 0.3) is 22.6 Å². The normalized spacial score (nSPS) is 17.0. The molecule has 2 N–H and O–H groups in total. The quantitative estimate of drug-likeness (QED) is 0.195. The first kappa shape index (κ1) is 31.2. The molecule has 15 heteroatoms. The highest BCUT2D eigenvalue weighted by atomic mass is 79.9. The third kappa shape index (κ3) is 8.19. The number of halogens is 6. The topological polar surface area (TPSA) is 101 Å². The maximum atomic E-state index is 12.2. The molecule has 6 rings (SSSR count). The lowest BCUT2D eigenvalue weighted by molar-refractivity contribution is -0.182. The Kier molecular flexibility index (Phi) is 10.3. The zero-order chi connectivity index (χ0) is 29.7. The predicted octanol–water partition coefficient (Wildman–Crippen LogP) is 7.09. The van der Waals surface area contributed by atoms with Crippen molar-refractivity contribution in [1.29, 1.82) is 0 Å². The summed E-state index contributed by atoms with van der Waals surface area (Å²) in [4.78, 5) is 8.36. The summed E-state index contributed by atoms with van der Waals surface area (Å²) in [7, 11) is -1.61. The molecule has 0 saturated heterocycles. The van der Waals surface area contributed by atoms with Crippen LogP contribution in [0.15, 0.2) is 65.5 Å². The zero-order valence-electron chi connectivity index (χ0n) is 21.7. The predicted molar refractivity (Wildman–Crippen MR) is 156 cm³/mol. The Morgan fingerprint density at radius 2 is 1.56 bits per heavy atom. The number of fused-ring (bicyclic) bond motifs is 2. The van der Waals surface area contributed by atoms with Gasteiger partial charge in [0, 0.05) is 5.56 Å². The van der Waals surface area contributed by atoms with Crippen molar-refractivity contribution in [2.24, 2.45) is 5.92 Å². The Morgan fingerprint density at radius 1 is 0.927 bits per heavy atom. The molecule has 1 aromatic carbocycles. The lowest BCUT2D eigenvalue weighted by Gasteiger charge is -2.29. The van der Waals surface area contributed by atoms with Crippen LogP contribution in [0.5, 0.6) is 0 Å². The molecule has 1 fully saturated rings. The molecule has 1 aliphatic rings. The van der Waals surface area contributed by atoms with Crippen molar-refractivity contribution in [1.82, 2.24) is 29.2 Å². The Morgan fingerprint density at radius 3 is 2.20 bits per heavy atom. The van der Waals surface area contributed by atoms with Crippen molar-refractivity contribution < 1.29 is 23.2 Å². The number of rotatable bonds is 2. The van der Waals surface area contributed by atoms with Gasteiger partial charge in [0.25, 0.3) is 0 Å². The first-order chi connectivity index (χ1) is 19.4. The summed E-state index contributed by atoms with van der Waals surface area (Å²) < 4.78 is 40.8. The number of hydrogen-bond acceptors (Lipinski definition) is 6. The van der Waals surface area contributed by atoms with Crippen LogP contribution >= 0.6 is 39.1 Å². The highest BCUT2D eigenvalue weighted by Crippen LogP contribution is 2.42. The van der Waals surface area contributed by atoms with E-state index in [1.165, 1.54) is 5.56 Å². The molecular formula is C26H25BBrCl2F3N6O2. The first-order valence-corrected chi connectivity index (χ1v) is 14.1. The lowest BCUT2D eigenvalue weighted by Crippen LogP contribution is -2.32. The van der Waals surface area contributed by atoms with Gasteiger partial charge in [-0.15, -0.1) is 0 Å². The molecule has 0 aliphatic heterocycles. The summed E-state index contributed by atoms with van der Waals surface area (Å²) in [5.41, 5.74) is 4.82. The second kappa shape index (κ2) is 13.5. The Balaban J connectivity index is 0.000000146. The van der Waals surface area contributed by atoms with E-state index in [0.717, 1.165) is 27.2 Å². The Labute approximate surface area is 252 Å². The minimum Gasteiger partial charge on any atom is -0.427 e. The van der Waals surface area contributed by atoms with E-state index < -0.39 is 25.0 Å². The first-order valence-electron chi connectivity index (χ1n) is 12.6. The van der Waals surface area contributed by atoms with Gasteiger partial charge in [0.15, 0.2) is 11.3 Å². The molecule has 0 bridgehead atoms. The smallest absolute Gasteiger partial charge is 0.427 e. The van der Waals surface area contributed by atoms with Crippen LogP contribution in [-0.2, 0) is 0 Å². The fourth-order valence-corrected chi connectivity index (χ4v) is 5.11. The fraction of sp³-hybridized carbons (Fsp3) is 0.308. The van der Waals surface area contributed by atoms with Crippen molar-refractivity contribution >= 4 is 57.5 Å². The van der Waals surface area contributed by atoms with Gasteiger partial charge in [0.05, 0.1) is 24.0 Å². The van der Waals surface area contributed by atoms with E-state index >= 15 is 0 Å². The van der Waals surface area contributed by atoms with Crippen LogP contribution in [0.4, 0.5) is 13.2 Å². The number of aromatic nitrogens is 6. The number of nitrogens with zero attached hydrogens (tertiary/aromatic N) is 6. The number of aryl methyl sites for hydroxylation is 1. The lowest BCUT2D eigenvalue weighted by atomic mass is 9.62. The van der Waals surface area contributed by atoms with E-state index in [0.29, 0.717) is 23.1 Å². The van der Waals surface area contributed by atoms with E-state index in [-0.39, 0.29) is 12.8 Å². The van der Waals surface area contributed by atoms with Crippen LogP contribution in [-0.4, -0.2) is 52.5 Å². The van der Waals surface area contributed by atoms with Gasteiger partial charge in [-0.25, -0.2) is 19.0 Å². The molecule has 1 saturated carbocycles. The molecule has 1 aliphatic carbocycles. The minimum absolute atomic E-state index is 0.118. The third-order valence-electron chi connectivity index (χ3n) is 6.53. The van der Waals surface area contributed by atoms with Gasteiger partial charge in [-0.3, -0.25) is 0 Å². The van der Waals surface area contributed by atoms with Gasteiger partial charge in [-0.05, 0) is 71.8 Å². The summed E-state index contributed by atoms with van der Waals surface area (Å²) in [5.74, 6) is -1.96. The monoisotopic (exact) mass is 670 g/mol. The van der Waals surface area contributed by atoms with Crippen LogP contribution < -0.4 is 0 Å². The second-order valence-electron chi connectivity index (χ2n) is 9.52. The van der Waals surface area contributed by atoms with Gasteiger partial charge >= 0.3 is 13.3 Å². The Hall–Kier alpha value is -2.71. The molecule has 0 radical (unpaired) electrons. The minimum atomic E-state index is -4.19. The molecule has 4 aromatic heterocycles. The Bertz CT molecular complexity index is 1620. The van der Waals surface area contributed by atoms with Crippen molar-refractivity contribution in [3.63, 3.8) is 0 Å². The molecule has 2 unspecified atom stereocenters. The van der Waals surface area contributed by atoms with Crippen molar-refractivity contribution in [2.75, 3.05) is 0 Å². The molecule has 0 spiro atoms. The van der Waals surface area contributed by atoms with Gasteiger partial charge in [-0.1, -0.05) is 59.8 Å². The molecular weight excluding hydrogens is 647 g/mol. The molecule has 4 heterocycles. The second-order valence-corrected chi connectivity index (χ2v) is 11.1.